The molecule has 4 aromatic rings. The minimum Gasteiger partial charge on any atom is -0.493 e. The van der Waals surface area contributed by atoms with E-state index in [9.17, 15) is 8.42 Å². The van der Waals surface area contributed by atoms with Crippen LogP contribution in [0, 0.1) is 0 Å². The van der Waals surface area contributed by atoms with Crippen LogP contribution in [0.15, 0.2) is 66.8 Å². The minimum atomic E-state index is -3.74. The summed E-state index contributed by atoms with van der Waals surface area (Å²) >= 11 is 0. The molecule has 0 aliphatic rings. The van der Waals surface area contributed by atoms with Crippen LogP contribution < -0.4 is 19.5 Å². The van der Waals surface area contributed by atoms with Crippen molar-refractivity contribution in [2.75, 3.05) is 30.3 Å². The number of anilines is 2. The van der Waals surface area contributed by atoms with Crippen LogP contribution in [-0.2, 0) is 16.6 Å². The zero-order chi connectivity index (χ0) is 25.0. The summed E-state index contributed by atoms with van der Waals surface area (Å²) in [7, 11) is -2.18. The summed E-state index contributed by atoms with van der Waals surface area (Å²) in [5, 5.41) is 6.23. The van der Waals surface area contributed by atoms with Crippen molar-refractivity contribution in [3.63, 3.8) is 0 Å². The van der Waals surface area contributed by atoms with Crippen LogP contribution >= 0.6 is 0 Å². The van der Waals surface area contributed by atoms with Gasteiger partial charge in [-0.2, -0.15) is 5.10 Å². The molecule has 2 aromatic heterocycles. The van der Waals surface area contributed by atoms with Gasteiger partial charge in [0.25, 0.3) is 10.0 Å². The first-order valence-electron chi connectivity index (χ1n) is 10.9. The Morgan fingerprint density at radius 2 is 1.91 bits per heavy atom. The average Bonchev–Trinajstić information content (AvgIpc) is 3.25. The van der Waals surface area contributed by atoms with E-state index in [1.165, 1.54) is 10.6 Å². The summed E-state index contributed by atoms with van der Waals surface area (Å²) in [5.41, 5.74) is 8.51. The van der Waals surface area contributed by atoms with Gasteiger partial charge in [0.2, 0.25) is 0 Å². The number of nitrogens with two attached hydrogens (primary N) is 1. The van der Waals surface area contributed by atoms with E-state index in [0.717, 1.165) is 11.0 Å². The molecule has 0 spiro atoms. The zero-order valence-corrected chi connectivity index (χ0v) is 20.3. The maximum Gasteiger partial charge on any atom is 0.256 e. The Morgan fingerprint density at radius 3 is 2.60 bits per heavy atom. The fraction of sp³-hybridized carbons (Fsp3) is 0.208. The number of ether oxygens (including phenoxy) is 2. The largest absolute Gasteiger partial charge is 0.493 e. The summed E-state index contributed by atoms with van der Waals surface area (Å²) in [4.78, 5) is 8.51. The third-order valence-corrected chi connectivity index (χ3v) is 6.80. The molecule has 0 fully saturated rings. The number of para-hydroxylation sites is 1. The van der Waals surface area contributed by atoms with Crippen LogP contribution in [0.1, 0.15) is 6.92 Å². The Balaban J connectivity index is 1.76. The predicted molar refractivity (Wildman–Crippen MR) is 136 cm³/mol. The highest BCUT2D eigenvalue weighted by molar-refractivity contribution is 7.95. The molecule has 0 bridgehead atoms. The summed E-state index contributed by atoms with van der Waals surface area (Å²) in [6, 6.07) is 14.3. The summed E-state index contributed by atoms with van der Waals surface area (Å²) in [6.45, 7) is 6.17. The Labute approximate surface area is 203 Å². The van der Waals surface area contributed by atoms with E-state index in [2.05, 4.69) is 16.5 Å². The SMILES string of the molecule is C=CS(=O)(=O)N(CCn1nc(-c2ccc(OCC)c(OC)c2)c2c(N)ncnc21)c1ccccc1. The molecule has 0 saturated carbocycles. The molecule has 35 heavy (non-hydrogen) atoms. The van der Waals surface area contributed by atoms with E-state index < -0.39 is 10.0 Å². The van der Waals surface area contributed by atoms with Gasteiger partial charge in [0, 0.05) is 11.0 Å². The van der Waals surface area contributed by atoms with E-state index in [1.807, 2.05) is 25.1 Å². The van der Waals surface area contributed by atoms with Gasteiger partial charge in [0.15, 0.2) is 17.1 Å². The Kier molecular flexibility index (Phi) is 6.87. The first kappa shape index (κ1) is 24.0. The van der Waals surface area contributed by atoms with Crippen LogP contribution in [0.2, 0.25) is 0 Å². The maximum absolute atomic E-state index is 12.7. The number of hydrogen-bond acceptors (Lipinski definition) is 8. The van der Waals surface area contributed by atoms with Crippen molar-refractivity contribution < 1.29 is 17.9 Å². The molecule has 0 aliphatic carbocycles. The van der Waals surface area contributed by atoms with Gasteiger partial charge in [0.1, 0.15) is 17.8 Å². The van der Waals surface area contributed by atoms with Crippen LogP contribution in [0.3, 0.4) is 0 Å². The van der Waals surface area contributed by atoms with Gasteiger partial charge in [-0.05, 0) is 37.3 Å². The van der Waals surface area contributed by atoms with Crippen molar-refractivity contribution in [1.82, 2.24) is 19.7 Å². The lowest BCUT2D eigenvalue weighted by atomic mass is 10.1. The highest BCUT2D eigenvalue weighted by atomic mass is 32.2. The molecule has 0 aliphatic heterocycles. The number of sulfonamides is 1. The number of nitrogens with zero attached hydrogens (tertiary/aromatic N) is 5. The molecule has 0 unspecified atom stereocenters. The van der Waals surface area contributed by atoms with E-state index in [-0.39, 0.29) is 18.9 Å². The maximum atomic E-state index is 12.7. The van der Waals surface area contributed by atoms with E-state index >= 15 is 0 Å². The summed E-state index contributed by atoms with van der Waals surface area (Å²) in [5.74, 6) is 1.43. The van der Waals surface area contributed by atoms with Gasteiger partial charge in [-0.25, -0.2) is 23.1 Å². The molecule has 182 valence electrons. The molecule has 2 N–H and O–H groups in total. The smallest absolute Gasteiger partial charge is 0.256 e. The quantitative estimate of drug-likeness (QED) is 0.355. The lowest BCUT2D eigenvalue weighted by Crippen LogP contribution is -2.32. The standard InChI is InChI=1S/C24H26N6O4S/c1-4-34-19-12-11-17(15-20(19)33-3)22-21-23(25)26-16-27-24(21)29(28-22)13-14-30(35(31,32)5-2)18-9-7-6-8-10-18/h5-12,15-16H,2,4,13-14H2,1,3H3,(H2,25,26,27). The van der Waals surface area contributed by atoms with Crippen molar-refractivity contribution in [2.45, 2.75) is 13.5 Å². The van der Waals surface area contributed by atoms with Gasteiger partial charge >= 0.3 is 0 Å². The second kappa shape index (κ2) is 10.0. The molecule has 2 aromatic carbocycles. The highest BCUT2D eigenvalue weighted by Gasteiger charge is 2.22. The van der Waals surface area contributed by atoms with Crippen molar-refractivity contribution in [3.8, 4) is 22.8 Å². The van der Waals surface area contributed by atoms with Crippen molar-refractivity contribution in [1.29, 1.82) is 0 Å². The number of nitrogen functional groups attached to an aromatic ring is 1. The van der Waals surface area contributed by atoms with E-state index in [0.29, 0.717) is 40.5 Å². The molecule has 11 heteroatoms. The Hall–Kier alpha value is -4.12. The van der Waals surface area contributed by atoms with E-state index in [4.69, 9.17) is 20.3 Å². The highest BCUT2D eigenvalue weighted by Crippen LogP contribution is 2.36. The lowest BCUT2D eigenvalue weighted by Gasteiger charge is -2.22. The molecular formula is C24H26N6O4S. The Morgan fingerprint density at radius 1 is 1.14 bits per heavy atom. The lowest BCUT2D eigenvalue weighted by molar-refractivity contribution is 0.311. The second-order valence-corrected chi connectivity index (χ2v) is 9.25. The number of fused-ring (bicyclic) bond motifs is 1. The number of methoxy groups -OCH3 is 1. The molecule has 4 rings (SSSR count). The third kappa shape index (κ3) is 4.76. The van der Waals surface area contributed by atoms with E-state index in [1.54, 1.807) is 42.1 Å². The van der Waals surface area contributed by atoms with Gasteiger partial charge in [-0.1, -0.05) is 24.8 Å². The number of aromatic nitrogens is 4. The average molecular weight is 495 g/mol. The van der Waals surface area contributed by atoms with Crippen LogP contribution in [0.25, 0.3) is 22.3 Å². The fourth-order valence-electron chi connectivity index (χ4n) is 3.75. The number of benzene rings is 2. The van der Waals surface area contributed by atoms with Gasteiger partial charge < -0.3 is 15.2 Å². The van der Waals surface area contributed by atoms with Crippen LogP contribution in [-0.4, -0.2) is 48.4 Å². The van der Waals surface area contributed by atoms with Gasteiger partial charge in [-0.3, -0.25) is 4.31 Å². The fourth-order valence-corrected chi connectivity index (χ4v) is 4.68. The molecule has 0 amide bonds. The predicted octanol–water partition coefficient (Wildman–Crippen LogP) is 3.46. The summed E-state index contributed by atoms with van der Waals surface area (Å²) in [6.07, 6.45) is 1.36. The second-order valence-electron chi connectivity index (χ2n) is 7.45. The van der Waals surface area contributed by atoms with Crippen molar-refractivity contribution in [2.24, 2.45) is 0 Å². The van der Waals surface area contributed by atoms with Gasteiger partial charge in [-0.15, -0.1) is 0 Å². The monoisotopic (exact) mass is 494 g/mol. The molecule has 0 radical (unpaired) electrons. The normalized spacial score (nSPS) is 11.4. The molecule has 0 atom stereocenters. The minimum absolute atomic E-state index is 0.102. The molecule has 10 nitrogen and oxygen atoms in total. The van der Waals surface area contributed by atoms with Crippen molar-refractivity contribution >= 4 is 32.6 Å². The van der Waals surface area contributed by atoms with Crippen LogP contribution in [0.5, 0.6) is 11.5 Å². The Bertz CT molecular complexity index is 1450. The molecular weight excluding hydrogens is 468 g/mol. The third-order valence-electron chi connectivity index (χ3n) is 5.37. The molecule has 0 saturated heterocycles. The number of hydrogen-bond donors (Lipinski definition) is 1. The summed E-state index contributed by atoms with van der Waals surface area (Å²) < 4.78 is 39.5. The first-order chi connectivity index (χ1) is 16.9. The zero-order valence-electron chi connectivity index (χ0n) is 19.5. The van der Waals surface area contributed by atoms with Gasteiger partial charge in [0.05, 0.1) is 37.9 Å². The number of rotatable bonds is 10. The van der Waals surface area contributed by atoms with Crippen molar-refractivity contribution in [3.05, 3.63) is 66.8 Å². The topological polar surface area (TPSA) is 125 Å². The molecule has 2 heterocycles. The van der Waals surface area contributed by atoms with Crippen LogP contribution in [0.4, 0.5) is 11.5 Å². The first-order valence-corrected chi connectivity index (χ1v) is 12.4.